The highest BCUT2D eigenvalue weighted by molar-refractivity contribution is 6.30. The monoisotopic (exact) mass is 317 g/mol. The molecule has 21 heavy (non-hydrogen) atoms. The molecule has 0 radical (unpaired) electrons. The van der Waals surface area contributed by atoms with Crippen LogP contribution < -0.4 is 11.2 Å². The molecule has 1 aliphatic heterocycles. The summed E-state index contributed by atoms with van der Waals surface area (Å²) < 4.78 is 5.88. The zero-order valence-corrected chi connectivity index (χ0v) is 11.5. The van der Waals surface area contributed by atoms with Crippen molar-refractivity contribution >= 4 is 11.6 Å². The van der Waals surface area contributed by atoms with Crippen molar-refractivity contribution in [3.8, 4) is 11.3 Å². The fourth-order valence-electron chi connectivity index (χ4n) is 2.09. The van der Waals surface area contributed by atoms with Crippen LogP contribution in [0.5, 0.6) is 0 Å². The summed E-state index contributed by atoms with van der Waals surface area (Å²) in [6.45, 7) is 1.33. The van der Waals surface area contributed by atoms with E-state index in [9.17, 15) is 24.9 Å². The normalized spacial score (nSPS) is 33.3. The molecule has 1 aliphatic rings. The molecule has 9 nitrogen and oxygen atoms in total. The summed E-state index contributed by atoms with van der Waals surface area (Å²) in [6.07, 6.45) is -4.79. The molecule has 2 rings (SSSR count). The second kappa shape index (κ2) is 5.59. The highest BCUT2D eigenvalue weighted by Crippen LogP contribution is 2.38. The molecule has 5 atom stereocenters. The summed E-state index contributed by atoms with van der Waals surface area (Å²) in [6, 6.07) is 0. The van der Waals surface area contributed by atoms with E-state index in [4.69, 9.17) is 16.3 Å². The SMILES string of the molecule is C[C@H](O)[C@H]1O[C@@H](n2ncc(=O)[nH]c2=O)C(O)(C#CCl)[C@H]1O. The van der Waals surface area contributed by atoms with Crippen LogP contribution >= 0.6 is 11.6 Å². The summed E-state index contributed by atoms with van der Waals surface area (Å²) in [5.41, 5.74) is -3.99. The predicted octanol–water partition coefficient (Wildman–Crippen LogP) is -2.50. The summed E-state index contributed by atoms with van der Waals surface area (Å²) >= 11 is 5.27. The van der Waals surface area contributed by atoms with E-state index in [0.29, 0.717) is 4.68 Å². The van der Waals surface area contributed by atoms with Crippen molar-refractivity contribution in [2.45, 2.75) is 37.1 Å². The van der Waals surface area contributed by atoms with Gasteiger partial charge in [-0.2, -0.15) is 9.78 Å². The van der Waals surface area contributed by atoms with Gasteiger partial charge >= 0.3 is 5.69 Å². The molecule has 0 aromatic carbocycles. The number of nitrogens with zero attached hydrogens (tertiary/aromatic N) is 2. The number of hydrogen-bond acceptors (Lipinski definition) is 7. The maximum atomic E-state index is 11.7. The number of aliphatic hydroxyl groups is 3. The number of halogens is 1. The van der Waals surface area contributed by atoms with Crippen LogP contribution in [0.1, 0.15) is 13.2 Å². The number of aliphatic hydroxyl groups excluding tert-OH is 2. The highest BCUT2D eigenvalue weighted by Gasteiger charge is 2.57. The molecule has 2 heterocycles. The van der Waals surface area contributed by atoms with Crippen molar-refractivity contribution in [1.82, 2.24) is 14.8 Å². The lowest BCUT2D eigenvalue weighted by atomic mass is 9.93. The van der Waals surface area contributed by atoms with Crippen LogP contribution in [0.4, 0.5) is 0 Å². The van der Waals surface area contributed by atoms with Gasteiger partial charge in [0.1, 0.15) is 18.4 Å². The van der Waals surface area contributed by atoms with E-state index in [1.165, 1.54) is 6.92 Å². The number of nitrogens with one attached hydrogen (secondary N) is 1. The van der Waals surface area contributed by atoms with Crippen LogP contribution in [-0.2, 0) is 4.74 Å². The molecule has 0 amide bonds. The average Bonchev–Trinajstić information content (AvgIpc) is 2.64. The second-order valence-electron chi connectivity index (χ2n) is 4.57. The van der Waals surface area contributed by atoms with Crippen molar-refractivity contribution in [3.05, 3.63) is 27.0 Å². The third kappa shape index (κ3) is 2.59. The fourth-order valence-corrected chi connectivity index (χ4v) is 2.24. The molecule has 1 aromatic heterocycles. The molecule has 0 aliphatic carbocycles. The summed E-state index contributed by atoms with van der Waals surface area (Å²) in [7, 11) is 0. The van der Waals surface area contributed by atoms with Crippen LogP contribution in [-0.4, -0.2) is 54.0 Å². The van der Waals surface area contributed by atoms with E-state index < -0.39 is 41.4 Å². The van der Waals surface area contributed by atoms with Gasteiger partial charge in [-0.15, -0.1) is 0 Å². The van der Waals surface area contributed by atoms with E-state index in [1.54, 1.807) is 0 Å². The first-order chi connectivity index (χ1) is 9.81. The fraction of sp³-hybridized carbons (Fsp3) is 0.545. The van der Waals surface area contributed by atoms with Crippen LogP contribution in [0.2, 0.25) is 0 Å². The minimum atomic E-state index is -2.28. The van der Waals surface area contributed by atoms with Crippen molar-refractivity contribution < 1.29 is 20.1 Å². The first-order valence-corrected chi connectivity index (χ1v) is 6.24. The van der Waals surface area contributed by atoms with E-state index in [2.05, 4.69) is 11.0 Å². The first kappa shape index (κ1) is 15.7. The van der Waals surface area contributed by atoms with Gasteiger partial charge in [-0.3, -0.25) is 9.78 Å². The first-order valence-electron chi connectivity index (χ1n) is 5.86. The Balaban J connectivity index is 2.56. The Labute approximate surface area is 122 Å². The molecule has 4 N–H and O–H groups in total. The molecule has 0 spiro atoms. The number of rotatable bonds is 2. The van der Waals surface area contributed by atoms with Crippen molar-refractivity contribution in [3.63, 3.8) is 0 Å². The number of hydrogen-bond donors (Lipinski definition) is 4. The molecule has 1 unspecified atom stereocenters. The maximum absolute atomic E-state index is 11.7. The predicted molar refractivity (Wildman–Crippen MR) is 69.3 cm³/mol. The number of H-pyrrole nitrogens is 1. The zero-order valence-electron chi connectivity index (χ0n) is 10.7. The Hall–Kier alpha value is -1.70. The molecule has 1 aromatic rings. The lowest BCUT2D eigenvalue weighted by molar-refractivity contribution is -0.0947. The maximum Gasteiger partial charge on any atom is 0.347 e. The Bertz CT molecular complexity index is 704. The van der Waals surface area contributed by atoms with Gasteiger partial charge in [-0.05, 0) is 24.4 Å². The lowest BCUT2D eigenvalue weighted by Gasteiger charge is -2.25. The van der Waals surface area contributed by atoms with Gasteiger partial charge in [0.2, 0.25) is 5.60 Å². The topological polar surface area (TPSA) is 138 Å². The molecule has 0 bridgehead atoms. The standard InChI is InChI=1S/C11H12ClN3O6/c1-5(16)7-8(18)11(20,2-3-12)9(21-7)15-10(19)14-6(17)4-13-15/h4-5,7-9,16,18,20H,1H3,(H,14,17,19)/t5-,7+,8-,9+,11?/m0/s1. The zero-order chi connectivity index (χ0) is 15.8. The Morgan fingerprint density at radius 3 is 2.81 bits per heavy atom. The van der Waals surface area contributed by atoms with Crippen molar-refractivity contribution in [2.24, 2.45) is 0 Å². The van der Waals surface area contributed by atoms with Gasteiger partial charge in [-0.25, -0.2) is 4.79 Å². The van der Waals surface area contributed by atoms with Gasteiger partial charge in [0.25, 0.3) is 5.56 Å². The quantitative estimate of drug-likeness (QED) is 0.442. The second-order valence-corrected chi connectivity index (χ2v) is 4.76. The van der Waals surface area contributed by atoms with Crippen molar-refractivity contribution in [2.75, 3.05) is 0 Å². The molecular formula is C11H12ClN3O6. The minimum absolute atomic E-state index is 0.605. The molecule has 114 valence electrons. The number of aromatic nitrogens is 3. The average molecular weight is 318 g/mol. The minimum Gasteiger partial charge on any atom is -0.391 e. The molecule has 0 saturated carbocycles. The van der Waals surface area contributed by atoms with Gasteiger partial charge in [-0.1, -0.05) is 0 Å². The van der Waals surface area contributed by atoms with Crippen LogP contribution in [0, 0.1) is 11.3 Å². The molecule has 10 heteroatoms. The van der Waals surface area contributed by atoms with Crippen LogP contribution in [0.3, 0.4) is 0 Å². The van der Waals surface area contributed by atoms with Gasteiger partial charge in [0, 0.05) is 5.38 Å². The molecule has 1 saturated heterocycles. The smallest absolute Gasteiger partial charge is 0.347 e. The largest absolute Gasteiger partial charge is 0.391 e. The van der Waals surface area contributed by atoms with E-state index >= 15 is 0 Å². The number of ether oxygens (including phenoxy) is 1. The van der Waals surface area contributed by atoms with Gasteiger partial charge < -0.3 is 20.1 Å². The summed E-state index contributed by atoms with van der Waals surface area (Å²) in [5, 5.41) is 35.5. The third-order valence-corrected chi connectivity index (χ3v) is 3.20. The van der Waals surface area contributed by atoms with Gasteiger partial charge in [0.05, 0.1) is 6.10 Å². The Morgan fingerprint density at radius 1 is 1.62 bits per heavy atom. The number of aromatic amines is 1. The lowest BCUT2D eigenvalue weighted by Crippen LogP contribution is -2.49. The van der Waals surface area contributed by atoms with Gasteiger partial charge in [0.15, 0.2) is 6.23 Å². The summed E-state index contributed by atoms with van der Waals surface area (Å²) in [5.74, 6) is 2.14. The highest BCUT2D eigenvalue weighted by atomic mass is 35.5. The Morgan fingerprint density at radius 2 is 2.29 bits per heavy atom. The van der Waals surface area contributed by atoms with E-state index in [0.717, 1.165) is 6.20 Å². The molecule has 1 fully saturated rings. The molecular weight excluding hydrogens is 306 g/mol. The third-order valence-electron chi connectivity index (χ3n) is 3.11. The van der Waals surface area contributed by atoms with Crippen LogP contribution in [0.25, 0.3) is 0 Å². The summed E-state index contributed by atoms with van der Waals surface area (Å²) in [4.78, 5) is 24.7. The van der Waals surface area contributed by atoms with E-state index in [-0.39, 0.29) is 0 Å². The van der Waals surface area contributed by atoms with Crippen molar-refractivity contribution in [1.29, 1.82) is 0 Å². The van der Waals surface area contributed by atoms with E-state index in [1.807, 2.05) is 10.4 Å². The van der Waals surface area contributed by atoms with Crippen LogP contribution in [0.15, 0.2) is 15.8 Å². The Kier molecular flexibility index (Phi) is 4.18.